The van der Waals surface area contributed by atoms with E-state index in [1.807, 2.05) is 36.4 Å². The first-order chi connectivity index (χ1) is 21.0. The number of methoxy groups -OCH3 is 4. The largest absolute Gasteiger partial charge is 0.497 e. The van der Waals surface area contributed by atoms with Gasteiger partial charge in [0.25, 0.3) is 0 Å². The zero-order valence-electron chi connectivity index (χ0n) is 25.2. The molecule has 224 valence electrons. The number of carbonyl (C=O) groups excluding carboxylic acids is 1. The average Bonchev–Trinajstić information content (AvgIpc) is 3.06. The Balaban J connectivity index is 1.46. The van der Waals surface area contributed by atoms with Gasteiger partial charge in [-0.2, -0.15) is 0 Å². The fourth-order valence-corrected chi connectivity index (χ4v) is 7.81. The second-order valence-electron chi connectivity index (χ2n) is 11.0. The second-order valence-corrected chi connectivity index (χ2v) is 12.2. The highest BCUT2D eigenvalue weighted by molar-refractivity contribution is 8.01. The Kier molecular flexibility index (Phi) is 8.77. The van der Waals surface area contributed by atoms with Gasteiger partial charge >= 0.3 is 0 Å². The summed E-state index contributed by atoms with van der Waals surface area (Å²) < 4.78 is 22.5. The number of nitrogens with zero attached hydrogens (tertiary/aromatic N) is 1. The molecule has 4 aromatic rings. The van der Waals surface area contributed by atoms with Crippen LogP contribution in [0.2, 0.25) is 0 Å². The fraction of sp³-hybridized carbons (Fsp3) is 0.371. The highest BCUT2D eigenvalue weighted by Gasteiger charge is 2.35. The summed E-state index contributed by atoms with van der Waals surface area (Å²) in [6, 6.07) is 17.6. The van der Waals surface area contributed by atoms with Crippen LogP contribution in [0.15, 0.2) is 59.5 Å². The second kappa shape index (κ2) is 12.9. The van der Waals surface area contributed by atoms with E-state index < -0.39 is 11.3 Å². The summed E-state index contributed by atoms with van der Waals surface area (Å²) >= 11 is 1.68. The fourth-order valence-electron chi connectivity index (χ4n) is 6.35. The summed E-state index contributed by atoms with van der Waals surface area (Å²) in [5.74, 6) is 2.86. The molecule has 0 saturated heterocycles. The number of aryl methyl sites for hydroxylation is 1. The third-order valence-electron chi connectivity index (χ3n) is 8.58. The minimum absolute atomic E-state index is 0.126. The van der Waals surface area contributed by atoms with E-state index in [9.17, 15) is 4.79 Å². The molecule has 0 amide bonds. The van der Waals surface area contributed by atoms with Crippen molar-refractivity contribution in [2.24, 2.45) is 0 Å². The Bertz CT molecular complexity index is 1660. The molecule has 2 heterocycles. The molecule has 0 spiro atoms. The first kappa shape index (κ1) is 29.3. The number of benzene rings is 3. The van der Waals surface area contributed by atoms with Crippen molar-refractivity contribution in [2.75, 3.05) is 35.0 Å². The molecule has 0 saturated carbocycles. The maximum absolute atomic E-state index is 14.8. The van der Waals surface area contributed by atoms with Crippen molar-refractivity contribution in [3.8, 4) is 23.0 Å². The number of ketones is 1. The number of carbonyl (C=O) groups is 1. The van der Waals surface area contributed by atoms with E-state index in [2.05, 4.69) is 23.5 Å². The number of para-hydroxylation sites is 1. The van der Waals surface area contributed by atoms with Crippen molar-refractivity contribution in [2.45, 2.75) is 54.7 Å². The highest BCUT2D eigenvalue weighted by Crippen LogP contribution is 2.43. The molecule has 1 aromatic heterocycles. The van der Waals surface area contributed by atoms with Crippen LogP contribution < -0.4 is 24.3 Å². The summed E-state index contributed by atoms with van der Waals surface area (Å²) in [6.45, 7) is 0.704. The quantitative estimate of drug-likeness (QED) is 0.213. The summed E-state index contributed by atoms with van der Waals surface area (Å²) in [7, 11) is 6.57. The van der Waals surface area contributed by atoms with Crippen LogP contribution in [0.4, 0.5) is 0 Å². The van der Waals surface area contributed by atoms with E-state index in [1.165, 1.54) is 16.2 Å². The van der Waals surface area contributed by atoms with Crippen LogP contribution in [-0.4, -0.2) is 51.0 Å². The molecular weight excluding hydrogens is 560 g/mol. The van der Waals surface area contributed by atoms with Gasteiger partial charge in [0.15, 0.2) is 17.3 Å². The van der Waals surface area contributed by atoms with Crippen molar-refractivity contribution >= 4 is 28.4 Å². The SMILES string of the molecule is COc1ccc(CC(Sc2c3c(nc4ccccc24)CCCC3)C(=O)C2NCCc3cc(OC)c(OC)cc32)c(OC)c1. The summed E-state index contributed by atoms with van der Waals surface area (Å²) in [4.78, 5) is 21.0. The minimum Gasteiger partial charge on any atom is -0.497 e. The smallest absolute Gasteiger partial charge is 0.167 e. The summed E-state index contributed by atoms with van der Waals surface area (Å²) in [5, 5.41) is 4.25. The predicted octanol–water partition coefficient (Wildman–Crippen LogP) is 6.31. The van der Waals surface area contributed by atoms with Crippen LogP contribution in [-0.2, 0) is 30.5 Å². The Morgan fingerprint density at radius 3 is 2.47 bits per heavy atom. The normalized spacial score (nSPS) is 16.6. The maximum atomic E-state index is 14.8. The highest BCUT2D eigenvalue weighted by atomic mass is 32.2. The molecule has 3 aromatic carbocycles. The molecular formula is C35H38N2O5S. The van der Waals surface area contributed by atoms with Crippen LogP contribution in [0, 0.1) is 0 Å². The first-order valence-electron chi connectivity index (χ1n) is 14.8. The lowest BCUT2D eigenvalue weighted by Gasteiger charge is -2.31. The van der Waals surface area contributed by atoms with Gasteiger partial charge in [0.05, 0.1) is 45.2 Å². The van der Waals surface area contributed by atoms with Gasteiger partial charge < -0.3 is 24.3 Å². The molecule has 1 aliphatic heterocycles. The zero-order valence-corrected chi connectivity index (χ0v) is 26.0. The maximum Gasteiger partial charge on any atom is 0.167 e. The van der Waals surface area contributed by atoms with Crippen LogP contribution in [0.5, 0.6) is 23.0 Å². The van der Waals surface area contributed by atoms with Crippen molar-refractivity contribution < 1.29 is 23.7 Å². The number of pyridine rings is 1. The number of rotatable bonds is 10. The van der Waals surface area contributed by atoms with E-state index in [0.29, 0.717) is 36.0 Å². The third-order valence-corrected chi connectivity index (χ3v) is 9.96. The zero-order chi connectivity index (χ0) is 29.9. The molecule has 1 aliphatic carbocycles. The van der Waals surface area contributed by atoms with Gasteiger partial charge in [-0.05, 0) is 85.0 Å². The molecule has 7 nitrogen and oxygen atoms in total. The number of aromatic nitrogens is 1. The van der Waals surface area contributed by atoms with Gasteiger partial charge in [-0.15, -0.1) is 11.8 Å². The van der Waals surface area contributed by atoms with Crippen LogP contribution >= 0.6 is 11.8 Å². The van der Waals surface area contributed by atoms with Crippen molar-refractivity contribution in [1.29, 1.82) is 0 Å². The van der Waals surface area contributed by atoms with Gasteiger partial charge in [0.1, 0.15) is 11.5 Å². The van der Waals surface area contributed by atoms with E-state index >= 15 is 0 Å². The molecule has 43 heavy (non-hydrogen) atoms. The third kappa shape index (κ3) is 5.78. The lowest BCUT2D eigenvalue weighted by Crippen LogP contribution is -2.40. The first-order valence-corrected chi connectivity index (χ1v) is 15.7. The minimum atomic E-state index is -0.478. The van der Waals surface area contributed by atoms with Crippen LogP contribution in [0.25, 0.3) is 10.9 Å². The van der Waals surface area contributed by atoms with E-state index in [0.717, 1.165) is 59.7 Å². The lowest BCUT2D eigenvalue weighted by atomic mass is 9.89. The van der Waals surface area contributed by atoms with E-state index in [1.54, 1.807) is 40.2 Å². The number of ether oxygens (including phenoxy) is 4. The summed E-state index contributed by atoms with van der Waals surface area (Å²) in [5.41, 5.74) is 6.45. The van der Waals surface area contributed by atoms with E-state index in [4.69, 9.17) is 23.9 Å². The number of thioether (sulfide) groups is 1. The number of nitrogens with one attached hydrogen (secondary N) is 1. The molecule has 2 aliphatic rings. The Morgan fingerprint density at radius 1 is 0.907 bits per heavy atom. The molecule has 2 unspecified atom stereocenters. The lowest BCUT2D eigenvalue weighted by molar-refractivity contribution is -0.120. The van der Waals surface area contributed by atoms with Crippen molar-refractivity contribution in [1.82, 2.24) is 10.3 Å². The summed E-state index contributed by atoms with van der Waals surface area (Å²) in [6.07, 6.45) is 5.53. The Morgan fingerprint density at radius 2 is 1.67 bits per heavy atom. The molecule has 0 radical (unpaired) electrons. The standard InChI is InChI=1S/C35H38N2O5S/c1-39-23-14-13-22(29(19-23)40-2)18-32(34(38)33-26-20-31(42-4)30(41-3)17-21(26)15-16-36-33)43-35-24-9-5-7-11-27(24)37-28-12-8-6-10-25(28)35/h5,7,9,11,13-14,17,19-20,32-33,36H,6,8,10,12,15-16,18H2,1-4H3. The predicted molar refractivity (Wildman–Crippen MR) is 170 cm³/mol. The van der Waals surface area contributed by atoms with Gasteiger partial charge in [-0.25, -0.2) is 0 Å². The molecule has 0 bridgehead atoms. The topological polar surface area (TPSA) is 78.9 Å². The number of fused-ring (bicyclic) bond motifs is 3. The molecule has 8 heteroatoms. The van der Waals surface area contributed by atoms with Gasteiger partial charge in [0.2, 0.25) is 0 Å². The Labute approximate surface area is 257 Å². The van der Waals surface area contributed by atoms with Crippen molar-refractivity contribution in [3.63, 3.8) is 0 Å². The van der Waals surface area contributed by atoms with Crippen LogP contribution in [0.3, 0.4) is 0 Å². The van der Waals surface area contributed by atoms with Gasteiger partial charge in [-0.3, -0.25) is 9.78 Å². The molecule has 2 atom stereocenters. The van der Waals surface area contributed by atoms with Gasteiger partial charge in [0, 0.05) is 28.6 Å². The monoisotopic (exact) mass is 598 g/mol. The van der Waals surface area contributed by atoms with Gasteiger partial charge in [-0.1, -0.05) is 24.3 Å². The van der Waals surface area contributed by atoms with Crippen LogP contribution in [0.1, 0.15) is 46.8 Å². The number of hydrogen-bond donors (Lipinski definition) is 1. The molecule has 0 fully saturated rings. The van der Waals surface area contributed by atoms with E-state index in [-0.39, 0.29) is 5.78 Å². The average molecular weight is 599 g/mol. The number of hydrogen-bond acceptors (Lipinski definition) is 8. The number of Topliss-reactive ketones (excluding diaryl/α,β-unsaturated/α-hetero) is 1. The van der Waals surface area contributed by atoms with Crippen molar-refractivity contribution in [3.05, 3.63) is 82.5 Å². The molecule has 1 N–H and O–H groups in total. The molecule has 6 rings (SSSR count). The Hall–Kier alpha value is -3.75.